The second-order valence-corrected chi connectivity index (χ2v) is 6.70. The van der Waals surface area contributed by atoms with Crippen LogP contribution in [-0.2, 0) is 15.9 Å². The van der Waals surface area contributed by atoms with Gasteiger partial charge in [-0.3, -0.25) is 4.79 Å². The van der Waals surface area contributed by atoms with Crippen molar-refractivity contribution in [2.45, 2.75) is 25.4 Å². The zero-order chi connectivity index (χ0) is 18.5. The number of benzene rings is 1. The summed E-state index contributed by atoms with van der Waals surface area (Å²) >= 11 is 0. The summed E-state index contributed by atoms with van der Waals surface area (Å²) in [5.41, 5.74) is 1.75. The third kappa shape index (κ3) is 4.45. The zero-order valence-electron chi connectivity index (χ0n) is 15.2. The smallest absolute Gasteiger partial charge is 0.255 e. The Morgan fingerprint density at radius 1 is 1.19 bits per heavy atom. The molecule has 0 aliphatic carbocycles. The molecule has 1 N–H and O–H groups in total. The molecule has 8 nitrogen and oxygen atoms in total. The van der Waals surface area contributed by atoms with Crippen LogP contribution in [0.1, 0.15) is 41.0 Å². The zero-order valence-corrected chi connectivity index (χ0v) is 15.2. The van der Waals surface area contributed by atoms with Crippen LogP contribution in [-0.4, -0.2) is 55.5 Å². The Morgan fingerprint density at radius 2 is 2.00 bits per heavy atom. The number of amides is 1. The predicted octanol–water partition coefficient (Wildman–Crippen LogP) is 1.73. The van der Waals surface area contributed by atoms with Crippen molar-refractivity contribution >= 4 is 11.6 Å². The Morgan fingerprint density at radius 3 is 2.74 bits per heavy atom. The highest BCUT2D eigenvalue weighted by atomic mass is 16.5. The molecule has 0 radical (unpaired) electrons. The van der Waals surface area contributed by atoms with Gasteiger partial charge in [0.1, 0.15) is 6.10 Å². The van der Waals surface area contributed by atoms with Crippen LogP contribution in [0.5, 0.6) is 0 Å². The second-order valence-electron chi connectivity index (χ2n) is 6.70. The molecule has 2 aliphatic rings. The van der Waals surface area contributed by atoms with E-state index in [1.54, 1.807) is 0 Å². The van der Waals surface area contributed by atoms with Gasteiger partial charge in [0, 0.05) is 43.9 Å². The standard InChI is InChI=1S/C19H24N4O4/c24-18(14-3-5-15(6-4-14)23-9-12-25-13-10-23)20-8-7-17-21-19(27-22-17)16-2-1-11-26-16/h3-6,16H,1-2,7-13H2,(H,20,24). The van der Waals surface area contributed by atoms with Crippen LogP contribution in [0.4, 0.5) is 5.69 Å². The normalized spacial score (nSPS) is 20.0. The highest BCUT2D eigenvalue weighted by Crippen LogP contribution is 2.26. The Bertz CT molecular complexity index is 749. The maximum atomic E-state index is 12.3. The number of ether oxygens (including phenoxy) is 2. The van der Waals surface area contributed by atoms with Crippen LogP contribution < -0.4 is 10.2 Å². The Hall–Kier alpha value is -2.45. The molecule has 1 aromatic carbocycles. The number of nitrogens with one attached hydrogen (secondary N) is 1. The van der Waals surface area contributed by atoms with Gasteiger partial charge in [-0.25, -0.2) is 0 Å². The second kappa shape index (κ2) is 8.49. The first kappa shape index (κ1) is 17.9. The monoisotopic (exact) mass is 372 g/mol. The van der Waals surface area contributed by atoms with Crippen LogP contribution in [0.3, 0.4) is 0 Å². The van der Waals surface area contributed by atoms with E-state index in [-0.39, 0.29) is 12.0 Å². The lowest BCUT2D eigenvalue weighted by Gasteiger charge is -2.28. The van der Waals surface area contributed by atoms with Gasteiger partial charge in [-0.1, -0.05) is 5.16 Å². The summed E-state index contributed by atoms with van der Waals surface area (Å²) in [6.07, 6.45) is 2.38. The Balaban J connectivity index is 1.25. The van der Waals surface area contributed by atoms with E-state index in [0.29, 0.717) is 30.2 Å². The Labute approximate surface area is 157 Å². The van der Waals surface area contributed by atoms with Gasteiger partial charge in [0.15, 0.2) is 5.82 Å². The molecule has 1 amide bonds. The van der Waals surface area contributed by atoms with Gasteiger partial charge in [-0.05, 0) is 37.1 Å². The number of aromatic nitrogens is 2. The molecule has 2 saturated heterocycles. The molecule has 2 aromatic rings. The minimum atomic E-state index is -0.105. The first-order valence-corrected chi connectivity index (χ1v) is 9.44. The highest BCUT2D eigenvalue weighted by molar-refractivity contribution is 5.94. The SMILES string of the molecule is O=C(NCCc1noc(C2CCCO2)n1)c1ccc(N2CCOCC2)cc1. The highest BCUT2D eigenvalue weighted by Gasteiger charge is 2.23. The lowest BCUT2D eigenvalue weighted by molar-refractivity contribution is 0.0835. The number of anilines is 1. The summed E-state index contributed by atoms with van der Waals surface area (Å²) in [6.45, 7) is 4.44. The van der Waals surface area contributed by atoms with Crippen LogP contribution in [0.25, 0.3) is 0 Å². The quantitative estimate of drug-likeness (QED) is 0.826. The number of nitrogens with zero attached hydrogens (tertiary/aromatic N) is 3. The van der Waals surface area contributed by atoms with Crippen molar-refractivity contribution in [3.05, 3.63) is 41.5 Å². The fourth-order valence-electron chi connectivity index (χ4n) is 3.31. The number of hydrogen-bond donors (Lipinski definition) is 1. The van der Waals surface area contributed by atoms with Gasteiger partial charge in [-0.15, -0.1) is 0 Å². The largest absolute Gasteiger partial charge is 0.378 e. The molecule has 2 aliphatic heterocycles. The van der Waals surface area contributed by atoms with E-state index >= 15 is 0 Å². The fourth-order valence-corrected chi connectivity index (χ4v) is 3.31. The molecule has 4 rings (SSSR count). The molecular weight excluding hydrogens is 348 g/mol. The van der Waals surface area contributed by atoms with E-state index in [2.05, 4.69) is 20.4 Å². The maximum absolute atomic E-state index is 12.3. The van der Waals surface area contributed by atoms with Crippen LogP contribution >= 0.6 is 0 Å². The molecule has 8 heteroatoms. The van der Waals surface area contributed by atoms with Gasteiger partial charge in [0.05, 0.1) is 13.2 Å². The fraction of sp³-hybridized carbons (Fsp3) is 0.526. The maximum Gasteiger partial charge on any atom is 0.255 e. The lowest BCUT2D eigenvalue weighted by Crippen LogP contribution is -2.36. The third-order valence-corrected chi connectivity index (χ3v) is 4.83. The molecule has 2 fully saturated rings. The average molecular weight is 372 g/mol. The molecular formula is C19H24N4O4. The minimum Gasteiger partial charge on any atom is -0.378 e. The number of rotatable bonds is 6. The van der Waals surface area contributed by atoms with Crippen molar-refractivity contribution in [3.63, 3.8) is 0 Å². The van der Waals surface area contributed by atoms with Gasteiger partial charge in [0.25, 0.3) is 11.8 Å². The minimum absolute atomic E-state index is 0.0779. The van der Waals surface area contributed by atoms with Gasteiger partial charge >= 0.3 is 0 Å². The molecule has 1 atom stereocenters. The molecule has 144 valence electrons. The number of morpholine rings is 1. The van der Waals surface area contributed by atoms with E-state index < -0.39 is 0 Å². The van der Waals surface area contributed by atoms with Crippen molar-refractivity contribution in [3.8, 4) is 0 Å². The van der Waals surface area contributed by atoms with E-state index in [0.717, 1.165) is 51.4 Å². The van der Waals surface area contributed by atoms with Crippen molar-refractivity contribution < 1.29 is 18.8 Å². The van der Waals surface area contributed by atoms with Crippen molar-refractivity contribution in [2.75, 3.05) is 44.4 Å². The number of carbonyl (C=O) groups is 1. The predicted molar refractivity (Wildman–Crippen MR) is 97.7 cm³/mol. The number of hydrogen-bond acceptors (Lipinski definition) is 7. The first-order valence-electron chi connectivity index (χ1n) is 9.44. The molecule has 0 bridgehead atoms. The molecule has 27 heavy (non-hydrogen) atoms. The van der Waals surface area contributed by atoms with E-state index in [1.807, 2.05) is 24.3 Å². The molecule has 0 spiro atoms. The van der Waals surface area contributed by atoms with E-state index in [9.17, 15) is 4.79 Å². The van der Waals surface area contributed by atoms with Crippen molar-refractivity contribution in [1.82, 2.24) is 15.5 Å². The van der Waals surface area contributed by atoms with Crippen molar-refractivity contribution in [1.29, 1.82) is 0 Å². The summed E-state index contributed by atoms with van der Waals surface area (Å²) in [5.74, 6) is 1.02. The van der Waals surface area contributed by atoms with Gasteiger partial charge in [0.2, 0.25) is 0 Å². The topological polar surface area (TPSA) is 89.7 Å². The molecule has 3 heterocycles. The molecule has 0 saturated carbocycles. The average Bonchev–Trinajstić information content (AvgIpc) is 3.40. The summed E-state index contributed by atoms with van der Waals surface area (Å²) in [5, 5.41) is 6.86. The summed E-state index contributed by atoms with van der Waals surface area (Å²) < 4.78 is 16.1. The third-order valence-electron chi connectivity index (χ3n) is 4.83. The molecule has 1 aromatic heterocycles. The van der Waals surface area contributed by atoms with Crippen LogP contribution in [0.2, 0.25) is 0 Å². The lowest BCUT2D eigenvalue weighted by atomic mass is 10.1. The van der Waals surface area contributed by atoms with Crippen molar-refractivity contribution in [2.24, 2.45) is 0 Å². The van der Waals surface area contributed by atoms with Gasteiger partial charge in [-0.2, -0.15) is 4.98 Å². The molecule has 1 unspecified atom stereocenters. The van der Waals surface area contributed by atoms with Crippen LogP contribution in [0.15, 0.2) is 28.8 Å². The summed E-state index contributed by atoms with van der Waals surface area (Å²) in [7, 11) is 0. The van der Waals surface area contributed by atoms with Gasteiger partial charge < -0.3 is 24.2 Å². The van der Waals surface area contributed by atoms with E-state index in [4.69, 9.17) is 14.0 Å². The van der Waals surface area contributed by atoms with E-state index in [1.165, 1.54) is 0 Å². The first-order chi connectivity index (χ1) is 13.3. The summed E-state index contributed by atoms with van der Waals surface area (Å²) in [6, 6.07) is 7.66. The summed E-state index contributed by atoms with van der Waals surface area (Å²) in [4.78, 5) is 18.9. The Kier molecular flexibility index (Phi) is 5.64. The number of carbonyl (C=O) groups excluding carboxylic acids is 1. The van der Waals surface area contributed by atoms with Crippen LogP contribution in [0, 0.1) is 0 Å².